The fourth-order valence-corrected chi connectivity index (χ4v) is 3.17. The van der Waals surface area contributed by atoms with E-state index in [0.29, 0.717) is 27.4 Å². The third kappa shape index (κ3) is 4.33. The van der Waals surface area contributed by atoms with Crippen LogP contribution in [0, 0.1) is 6.92 Å². The van der Waals surface area contributed by atoms with Crippen molar-refractivity contribution in [1.29, 1.82) is 0 Å². The summed E-state index contributed by atoms with van der Waals surface area (Å²) in [6, 6.07) is 7.09. The molecule has 0 radical (unpaired) electrons. The van der Waals surface area contributed by atoms with Crippen molar-refractivity contribution < 1.29 is 9.21 Å². The lowest BCUT2D eigenvalue weighted by Crippen LogP contribution is -2.15. The molecule has 7 nitrogen and oxygen atoms in total. The van der Waals surface area contributed by atoms with Gasteiger partial charge >= 0.3 is 0 Å². The monoisotopic (exact) mass is 397 g/mol. The number of halogens is 2. The van der Waals surface area contributed by atoms with Crippen LogP contribution < -0.4 is 5.32 Å². The van der Waals surface area contributed by atoms with Gasteiger partial charge in [0.05, 0.1) is 27.7 Å². The molecule has 130 valence electrons. The minimum absolute atomic E-state index is 0.110. The highest BCUT2D eigenvalue weighted by molar-refractivity contribution is 7.99. The quantitative estimate of drug-likeness (QED) is 0.638. The second kappa shape index (κ2) is 7.90. The van der Waals surface area contributed by atoms with E-state index in [9.17, 15) is 4.79 Å². The summed E-state index contributed by atoms with van der Waals surface area (Å²) in [6.07, 6.45) is 1.58. The van der Waals surface area contributed by atoms with Crippen LogP contribution in [0.4, 0.5) is 5.69 Å². The molecule has 1 N–H and O–H groups in total. The van der Waals surface area contributed by atoms with Crippen molar-refractivity contribution in [3.05, 3.63) is 51.9 Å². The molecule has 0 unspecified atom stereocenters. The van der Waals surface area contributed by atoms with Crippen LogP contribution in [0.15, 0.2) is 40.1 Å². The number of nitrogens with zero attached hydrogens (tertiary/aromatic N) is 4. The number of carbonyl (C=O) groups is 1. The highest BCUT2D eigenvalue weighted by atomic mass is 35.5. The predicted molar refractivity (Wildman–Crippen MR) is 96.2 cm³/mol. The number of tetrazole rings is 1. The van der Waals surface area contributed by atoms with E-state index >= 15 is 0 Å². The Morgan fingerprint density at radius 2 is 2.20 bits per heavy atom. The van der Waals surface area contributed by atoms with Gasteiger partial charge in [0.1, 0.15) is 12.3 Å². The lowest BCUT2D eigenvalue weighted by molar-refractivity contribution is -0.113. The van der Waals surface area contributed by atoms with Crippen LogP contribution in [0.25, 0.3) is 0 Å². The number of aromatic nitrogens is 4. The minimum atomic E-state index is -0.257. The van der Waals surface area contributed by atoms with E-state index in [0.717, 1.165) is 11.3 Å². The third-order valence-electron chi connectivity index (χ3n) is 3.27. The zero-order valence-corrected chi connectivity index (χ0v) is 15.4. The molecule has 3 rings (SSSR count). The first-order valence-corrected chi connectivity index (χ1v) is 8.94. The number of rotatable bonds is 6. The minimum Gasteiger partial charge on any atom is -0.467 e. The van der Waals surface area contributed by atoms with Crippen LogP contribution in [0.2, 0.25) is 10.0 Å². The summed E-state index contributed by atoms with van der Waals surface area (Å²) < 4.78 is 6.83. The van der Waals surface area contributed by atoms with Gasteiger partial charge in [0.2, 0.25) is 11.1 Å². The van der Waals surface area contributed by atoms with Gasteiger partial charge in [-0.25, -0.2) is 4.68 Å². The highest BCUT2D eigenvalue weighted by Gasteiger charge is 2.14. The van der Waals surface area contributed by atoms with Crippen molar-refractivity contribution in [1.82, 2.24) is 20.2 Å². The van der Waals surface area contributed by atoms with Gasteiger partial charge in [-0.3, -0.25) is 4.79 Å². The number of anilines is 1. The van der Waals surface area contributed by atoms with E-state index in [1.165, 1.54) is 11.8 Å². The first-order valence-electron chi connectivity index (χ1n) is 7.20. The Kier molecular flexibility index (Phi) is 5.62. The molecule has 0 spiro atoms. The van der Waals surface area contributed by atoms with Crippen molar-refractivity contribution in [2.45, 2.75) is 18.6 Å². The maximum absolute atomic E-state index is 12.2. The number of furan rings is 1. The fraction of sp³-hybridized carbons (Fsp3) is 0.200. The van der Waals surface area contributed by atoms with Crippen LogP contribution in [0.1, 0.15) is 11.3 Å². The van der Waals surface area contributed by atoms with Crippen LogP contribution in [-0.4, -0.2) is 31.9 Å². The van der Waals surface area contributed by atoms with Crippen molar-refractivity contribution >= 4 is 46.6 Å². The summed E-state index contributed by atoms with van der Waals surface area (Å²) in [5, 5.41) is 15.5. The predicted octanol–water partition coefficient (Wildman–Crippen LogP) is 3.66. The van der Waals surface area contributed by atoms with Crippen molar-refractivity contribution in [2.24, 2.45) is 0 Å². The second-order valence-electron chi connectivity index (χ2n) is 5.09. The number of amides is 1. The topological polar surface area (TPSA) is 85.8 Å². The SMILES string of the molecule is Cc1ccc(Cl)c(NC(=O)CSc2nnnn2Cc2ccco2)c1Cl. The lowest BCUT2D eigenvalue weighted by Gasteiger charge is -2.10. The molecule has 0 aliphatic carbocycles. The molecule has 2 aromatic heterocycles. The fourth-order valence-electron chi connectivity index (χ4n) is 2.03. The average Bonchev–Trinajstić information content (AvgIpc) is 3.26. The van der Waals surface area contributed by atoms with Crippen molar-refractivity contribution in [2.75, 3.05) is 11.1 Å². The van der Waals surface area contributed by atoms with Gasteiger partial charge < -0.3 is 9.73 Å². The first-order chi connectivity index (χ1) is 12.0. The van der Waals surface area contributed by atoms with Crippen LogP contribution in [-0.2, 0) is 11.3 Å². The lowest BCUT2D eigenvalue weighted by atomic mass is 10.2. The number of carbonyl (C=O) groups excluding carboxylic acids is 1. The molecule has 1 aromatic carbocycles. The zero-order chi connectivity index (χ0) is 17.8. The van der Waals surface area contributed by atoms with Crippen LogP contribution in [0.5, 0.6) is 0 Å². The van der Waals surface area contributed by atoms with E-state index in [2.05, 4.69) is 20.8 Å². The molecule has 0 fully saturated rings. The van der Waals surface area contributed by atoms with Gasteiger partial charge in [-0.1, -0.05) is 41.0 Å². The molecule has 2 heterocycles. The first kappa shape index (κ1) is 17.8. The Labute approximate surface area is 157 Å². The number of thioether (sulfide) groups is 1. The standard InChI is InChI=1S/C15H13Cl2N5O2S/c1-9-4-5-11(16)14(13(9)17)18-12(23)8-25-15-19-20-21-22(15)7-10-3-2-6-24-10/h2-6H,7-8H2,1H3,(H,18,23). The van der Waals surface area contributed by atoms with Crippen molar-refractivity contribution in [3.8, 4) is 0 Å². The molecule has 0 aliphatic rings. The molecule has 0 saturated heterocycles. The summed E-state index contributed by atoms with van der Waals surface area (Å²) in [6.45, 7) is 2.23. The number of benzene rings is 1. The largest absolute Gasteiger partial charge is 0.467 e. The molecule has 0 bridgehead atoms. The van der Waals surface area contributed by atoms with Crippen LogP contribution >= 0.6 is 35.0 Å². The summed E-state index contributed by atoms with van der Waals surface area (Å²) in [5.74, 6) is 0.572. The van der Waals surface area contributed by atoms with Gasteiger partial charge in [-0.05, 0) is 41.1 Å². The Hall–Kier alpha value is -2.03. The second-order valence-corrected chi connectivity index (χ2v) is 6.82. The average molecular weight is 398 g/mol. The maximum atomic E-state index is 12.2. The number of hydrogen-bond donors (Lipinski definition) is 1. The van der Waals surface area contributed by atoms with E-state index in [4.69, 9.17) is 27.6 Å². The summed E-state index contributed by atoms with van der Waals surface area (Å²) >= 11 is 13.5. The van der Waals surface area contributed by atoms with Gasteiger partial charge in [0.15, 0.2) is 0 Å². The Bertz CT molecular complexity index is 882. The molecule has 1 amide bonds. The van der Waals surface area contributed by atoms with E-state index < -0.39 is 0 Å². The van der Waals surface area contributed by atoms with Gasteiger partial charge in [-0.15, -0.1) is 5.10 Å². The molecule has 3 aromatic rings. The summed E-state index contributed by atoms with van der Waals surface area (Å²) in [7, 11) is 0. The molecule has 10 heteroatoms. The molecular weight excluding hydrogens is 385 g/mol. The Balaban J connectivity index is 1.62. The number of nitrogens with one attached hydrogen (secondary N) is 1. The Morgan fingerprint density at radius 3 is 2.96 bits per heavy atom. The third-order valence-corrected chi connectivity index (χ3v) is 5.02. The van der Waals surface area contributed by atoms with E-state index in [1.807, 2.05) is 13.0 Å². The molecule has 0 atom stereocenters. The highest BCUT2D eigenvalue weighted by Crippen LogP contribution is 2.33. The Morgan fingerprint density at radius 1 is 1.36 bits per heavy atom. The smallest absolute Gasteiger partial charge is 0.234 e. The van der Waals surface area contributed by atoms with E-state index in [-0.39, 0.29) is 11.7 Å². The summed E-state index contributed by atoms with van der Waals surface area (Å²) in [5.41, 5.74) is 1.24. The molecular formula is C15H13Cl2N5O2S. The number of hydrogen-bond acceptors (Lipinski definition) is 6. The van der Waals surface area contributed by atoms with Gasteiger partial charge in [0, 0.05) is 0 Å². The normalized spacial score (nSPS) is 10.8. The molecule has 0 saturated carbocycles. The summed E-state index contributed by atoms with van der Waals surface area (Å²) in [4.78, 5) is 12.2. The van der Waals surface area contributed by atoms with Gasteiger partial charge in [-0.2, -0.15) is 0 Å². The van der Waals surface area contributed by atoms with E-state index in [1.54, 1.807) is 29.1 Å². The molecule has 25 heavy (non-hydrogen) atoms. The zero-order valence-electron chi connectivity index (χ0n) is 13.1. The number of aryl methyl sites for hydroxylation is 1. The van der Waals surface area contributed by atoms with Gasteiger partial charge in [0.25, 0.3) is 0 Å². The molecule has 0 aliphatic heterocycles. The van der Waals surface area contributed by atoms with Crippen molar-refractivity contribution in [3.63, 3.8) is 0 Å². The maximum Gasteiger partial charge on any atom is 0.234 e. The van der Waals surface area contributed by atoms with Crippen LogP contribution in [0.3, 0.4) is 0 Å².